The number of nitrogens with zero attached hydrogens (tertiary/aromatic N) is 2. The van der Waals surface area contributed by atoms with Gasteiger partial charge in [-0.15, -0.1) is 0 Å². The van der Waals surface area contributed by atoms with E-state index in [1.54, 1.807) is 25.1 Å². The number of benzene rings is 1. The molecule has 1 aliphatic heterocycles. The highest BCUT2D eigenvalue weighted by Gasteiger charge is 2.27. The average molecular weight is 383 g/mol. The smallest absolute Gasteiger partial charge is 0.305 e. The number of rotatable bonds is 5. The molecule has 1 aromatic carbocycles. The van der Waals surface area contributed by atoms with E-state index >= 15 is 0 Å². The SMILES string of the molecule is COc1cc(/C=C2/C(=O)N(CCC(=O)O)N=C2C)cc(Br)c1O. The molecule has 0 radical (unpaired) electrons. The highest BCUT2D eigenvalue weighted by Crippen LogP contribution is 2.36. The minimum Gasteiger partial charge on any atom is -0.503 e. The molecule has 8 heteroatoms. The fourth-order valence-electron chi connectivity index (χ4n) is 2.09. The molecule has 0 spiro atoms. The number of carbonyl (C=O) groups excluding carboxylic acids is 1. The van der Waals surface area contributed by atoms with Crippen LogP contribution in [0, 0.1) is 0 Å². The topological polar surface area (TPSA) is 99.4 Å². The van der Waals surface area contributed by atoms with E-state index in [9.17, 15) is 14.7 Å². The first kappa shape index (κ1) is 17.0. The van der Waals surface area contributed by atoms with Gasteiger partial charge in [-0.3, -0.25) is 9.59 Å². The van der Waals surface area contributed by atoms with Crippen LogP contribution in [0.4, 0.5) is 0 Å². The third-order valence-corrected chi connectivity index (χ3v) is 3.85. The Balaban J connectivity index is 2.30. The lowest BCUT2D eigenvalue weighted by Gasteiger charge is -2.10. The van der Waals surface area contributed by atoms with Crippen LogP contribution in [0.25, 0.3) is 6.08 Å². The molecule has 0 saturated heterocycles. The molecule has 2 rings (SSSR count). The van der Waals surface area contributed by atoms with Crippen molar-refractivity contribution in [1.82, 2.24) is 5.01 Å². The normalized spacial score (nSPS) is 16.0. The van der Waals surface area contributed by atoms with Crippen molar-refractivity contribution in [3.63, 3.8) is 0 Å². The van der Waals surface area contributed by atoms with Gasteiger partial charge < -0.3 is 14.9 Å². The summed E-state index contributed by atoms with van der Waals surface area (Å²) in [5.74, 6) is -1.10. The third-order valence-electron chi connectivity index (χ3n) is 3.24. The molecule has 2 N–H and O–H groups in total. The average Bonchev–Trinajstić information content (AvgIpc) is 2.76. The number of aromatic hydroxyl groups is 1. The minimum atomic E-state index is -0.990. The molecule has 1 amide bonds. The van der Waals surface area contributed by atoms with Gasteiger partial charge in [0.25, 0.3) is 5.91 Å². The molecule has 0 fully saturated rings. The van der Waals surface area contributed by atoms with Gasteiger partial charge in [0.2, 0.25) is 0 Å². The summed E-state index contributed by atoms with van der Waals surface area (Å²) in [6, 6.07) is 3.24. The summed E-state index contributed by atoms with van der Waals surface area (Å²) in [5.41, 5.74) is 1.52. The zero-order valence-corrected chi connectivity index (χ0v) is 14.1. The maximum atomic E-state index is 12.3. The lowest BCUT2D eigenvalue weighted by molar-refractivity contribution is -0.137. The van der Waals surface area contributed by atoms with Crippen molar-refractivity contribution >= 4 is 39.6 Å². The van der Waals surface area contributed by atoms with Gasteiger partial charge in [-0.25, -0.2) is 5.01 Å². The summed E-state index contributed by atoms with van der Waals surface area (Å²) in [7, 11) is 1.43. The summed E-state index contributed by atoms with van der Waals surface area (Å²) in [6.07, 6.45) is 1.45. The molecular formula is C15H15BrN2O5. The summed E-state index contributed by atoms with van der Waals surface area (Å²) >= 11 is 3.22. The van der Waals surface area contributed by atoms with Crippen LogP contribution >= 0.6 is 15.9 Å². The second kappa shape index (κ2) is 6.82. The largest absolute Gasteiger partial charge is 0.503 e. The van der Waals surface area contributed by atoms with Gasteiger partial charge in [0.1, 0.15) is 0 Å². The standard InChI is InChI=1S/C15H15BrN2O5/c1-8-10(15(22)18(17-8)4-3-13(19)20)5-9-6-11(16)14(21)12(7-9)23-2/h5-7,21H,3-4H2,1-2H3,(H,19,20)/b10-5+. The van der Waals surface area contributed by atoms with E-state index in [0.717, 1.165) is 5.01 Å². The highest BCUT2D eigenvalue weighted by molar-refractivity contribution is 9.10. The van der Waals surface area contributed by atoms with Crippen molar-refractivity contribution in [2.75, 3.05) is 13.7 Å². The van der Waals surface area contributed by atoms with E-state index in [0.29, 0.717) is 21.3 Å². The summed E-state index contributed by atoms with van der Waals surface area (Å²) in [4.78, 5) is 22.9. The molecule has 0 aromatic heterocycles. The van der Waals surface area contributed by atoms with Crippen LogP contribution in [0.5, 0.6) is 11.5 Å². The molecule has 0 saturated carbocycles. The molecule has 1 heterocycles. The number of aliphatic carboxylic acids is 1. The van der Waals surface area contributed by atoms with Gasteiger partial charge in [0.15, 0.2) is 11.5 Å². The van der Waals surface area contributed by atoms with Crippen LogP contribution in [0.2, 0.25) is 0 Å². The minimum absolute atomic E-state index is 0.0193. The predicted molar refractivity (Wildman–Crippen MR) is 87.4 cm³/mol. The Labute approximate surface area is 141 Å². The molecule has 1 aromatic rings. The monoisotopic (exact) mass is 382 g/mol. The lowest BCUT2D eigenvalue weighted by Crippen LogP contribution is -2.24. The number of phenols is 1. The van der Waals surface area contributed by atoms with Gasteiger partial charge in [-0.2, -0.15) is 5.10 Å². The molecule has 7 nitrogen and oxygen atoms in total. The Morgan fingerprint density at radius 3 is 2.78 bits per heavy atom. The van der Waals surface area contributed by atoms with E-state index in [-0.39, 0.29) is 30.4 Å². The number of methoxy groups -OCH3 is 1. The Hall–Kier alpha value is -2.35. The zero-order valence-electron chi connectivity index (χ0n) is 12.5. The summed E-state index contributed by atoms with van der Waals surface area (Å²) in [5, 5.41) is 23.7. The number of halogens is 1. The summed E-state index contributed by atoms with van der Waals surface area (Å²) < 4.78 is 5.51. The quantitative estimate of drug-likeness (QED) is 0.760. The lowest BCUT2D eigenvalue weighted by atomic mass is 10.1. The Morgan fingerprint density at radius 2 is 2.17 bits per heavy atom. The fraction of sp³-hybridized carbons (Fsp3) is 0.267. The van der Waals surface area contributed by atoms with Gasteiger partial charge >= 0.3 is 5.97 Å². The fourth-order valence-corrected chi connectivity index (χ4v) is 2.55. The first-order valence-corrected chi connectivity index (χ1v) is 7.50. The van der Waals surface area contributed by atoms with Gasteiger partial charge in [-0.1, -0.05) is 0 Å². The van der Waals surface area contributed by atoms with Crippen molar-refractivity contribution in [3.05, 3.63) is 27.7 Å². The van der Waals surface area contributed by atoms with Crippen molar-refractivity contribution in [3.8, 4) is 11.5 Å². The van der Waals surface area contributed by atoms with Crippen LogP contribution in [0.3, 0.4) is 0 Å². The Bertz CT molecular complexity index is 727. The molecule has 0 atom stereocenters. The number of hydrazone groups is 1. The number of carbonyl (C=O) groups is 2. The number of hydrogen-bond acceptors (Lipinski definition) is 5. The molecule has 0 aliphatic carbocycles. The van der Waals surface area contributed by atoms with E-state index < -0.39 is 5.97 Å². The predicted octanol–water partition coefficient (Wildman–Crippen LogP) is 2.24. The van der Waals surface area contributed by atoms with E-state index in [1.165, 1.54) is 7.11 Å². The van der Waals surface area contributed by atoms with E-state index in [2.05, 4.69) is 21.0 Å². The third kappa shape index (κ3) is 3.70. The second-order valence-electron chi connectivity index (χ2n) is 4.87. The summed E-state index contributed by atoms with van der Waals surface area (Å²) in [6.45, 7) is 1.70. The molecule has 23 heavy (non-hydrogen) atoms. The Kier molecular flexibility index (Phi) is 5.05. The van der Waals surface area contributed by atoms with Crippen LogP contribution in [0.1, 0.15) is 18.9 Å². The molecule has 0 unspecified atom stereocenters. The number of amides is 1. The van der Waals surface area contributed by atoms with Crippen LogP contribution in [0.15, 0.2) is 27.3 Å². The molecule has 1 aliphatic rings. The first-order valence-electron chi connectivity index (χ1n) is 6.71. The zero-order chi connectivity index (χ0) is 17.1. The van der Waals surface area contributed by atoms with Crippen molar-refractivity contribution in [2.45, 2.75) is 13.3 Å². The number of phenolic OH excluding ortho intramolecular Hbond substituents is 1. The van der Waals surface area contributed by atoms with Crippen LogP contribution in [-0.4, -0.2) is 46.5 Å². The molecular weight excluding hydrogens is 368 g/mol. The first-order chi connectivity index (χ1) is 10.8. The number of ether oxygens (including phenoxy) is 1. The highest BCUT2D eigenvalue weighted by atomic mass is 79.9. The van der Waals surface area contributed by atoms with Crippen LogP contribution in [-0.2, 0) is 9.59 Å². The van der Waals surface area contributed by atoms with Crippen molar-refractivity contribution in [2.24, 2.45) is 5.10 Å². The number of carboxylic acid groups (broad SMARTS) is 1. The van der Waals surface area contributed by atoms with Gasteiger partial charge in [0.05, 0.1) is 35.8 Å². The van der Waals surface area contributed by atoms with Gasteiger partial charge in [-0.05, 0) is 46.6 Å². The molecule has 122 valence electrons. The maximum absolute atomic E-state index is 12.3. The van der Waals surface area contributed by atoms with E-state index in [1.807, 2.05) is 0 Å². The second-order valence-corrected chi connectivity index (χ2v) is 5.72. The van der Waals surface area contributed by atoms with Crippen molar-refractivity contribution in [1.29, 1.82) is 0 Å². The molecule has 0 bridgehead atoms. The van der Waals surface area contributed by atoms with Crippen LogP contribution < -0.4 is 4.74 Å². The van der Waals surface area contributed by atoms with E-state index in [4.69, 9.17) is 9.84 Å². The van der Waals surface area contributed by atoms with Crippen molar-refractivity contribution < 1.29 is 24.5 Å². The Morgan fingerprint density at radius 1 is 1.48 bits per heavy atom. The maximum Gasteiger partial charge on any atom is 0.305 e. The number of hydrogen-bond donors (Lipinski definition) is 2. The number of carboxylic acids is 1. The van der Waals surface area contributed by atoms with Gasteiger partial charge in [0, 0.05) is 0 Å².